The maximum absolute atomic E-state index is 6.18. The molecule has 0 unspecified atom stereocenters. The zero-order valence-electron chi connectivity index (χ0n) is 11.6. The zero-order chi connectivity index (χ0) is 12.8. The van der Waals surface area contributed by atoms with Crippen molar-refractivity contribution in [3.63, 3.8) is 0 Å². The molecule has 0 saturated heterocycles. The monoisotopic (exact) mass is 224 g/mol. The molecule has 1 aliphatic carbocycles. The molecular formula is C16H21B. The highest BCUT2D eigenvalue weighted by Gasteiger charge is 2.24. The first kappa shape index (κ1) is 12.5. The summed E-state index contributed by atoms with van der Waals surface area (Å²) in [6.07, 6.45) is 3.25. The average molecular weight is 224 g/mol. The molecule has 1 heteroatoms. The molecule has 0 bridgehead atoms. The Labute approximate surface area is 107 Å². The second-order valence-corrected chi connectivity index (χ2v) is 6.73. The zero-order valence-corrected chi connectivity index (χ0v) is 11.6. The van der Waals surface area contributed by atoms with Crippen molar-refractivity contribution in [2.45, 2.75) is 51.8 Å². The van der Waals surface area contributed by atoms with E-state index in [0.29, 0.717) is 0 Å². The Bertz CT molecular complexity index is 467. The molecular weight excluding hydrogens is 203 g/mol. The third-order valence-electron chi connectivity index (χ3n) is 3.55. The van der Waals surface area contributed by atoms with Gasteiger partial charge in [0.25, 0.3) is 0 Å². The van der Waals surface area contributed by atoms with Crippen molar-refractivity contribution in [3.05, 3.63) is 40.5 Å². The van der Waals surface area contributed by atoms with E-state index >= 15 is 0 Å². The van der Waals surface area contributed by atoms with Crippen LogP contribution in [0.5, 0.6) is 0 Å². The van der Waals surface area contributed by atoms with Gasteiger partial charge in [0.15, 0.2) is 0 Å². The van der Waals surface area contributed by atoms with E-state index in [0.717, 1.165) is 6.42 Å². The summed E-state index contributed by atoms with van der Waals surface area (Å²) in [6.45, 7) is 10.9. The SMILES string of the molecule is [B]C(C)(C)C1=Cc2ccc(C(C)(C)C)cc2C1. The third kappa shape index (κ3) is 2.49. The molecule has 0 atom stereocenters. The number of hydrogen-bond donors (Lipinski definition) is 0. The molecule has 0 amide bonds. The topological polar surface area (TPSA) is 0 Å². The highest BCUT2D eigenvalue weighted by atomic mass is 14.3. The molecule has 0 fully saturated rings. The van der Waals surface area contributed by atoms with Gasteiger partial charge >= 0.3 is 0 Å². The molecule has 0 heterocycles. The van der Waals surface area contributed by atoms with Crippen molar-refractivity contribution in [1.82, 2.24) is 0 Å². The second kappa shape index (κ2) is 3.76. The largest absolute Gasteiger partial charge is 0.0798 e. The Balaban J connectivity index is 2.35. The molecule has 0 aromatic heterocycles. The molecule has 2 radical (unpaired) electrons. The van der Waals surface area contributed by atoms with Crippen LogP contribution in [0, 0.1) is 0 Å². The molecule has 0 N–H and O–H groups in total. The van der Waals surface area contributed by atoms with Gasteiger partial charge in [-0.2, -0.15) is 0 Å². The van der Waals surface area contributed by atoms with Crippen LogP contribution >= 0.6 is 0 Å². The summed E-state index contributed by atoms with van der Waals surface area (Å²) in [5, 5.41) is -0.207. The van der Waals surface area contributed by atoms with Gasteiger partial charge in [0, 0.05) is 0 Å². The third-order valence-corrected chi connectivity index (χ3v) is 3.55. The summed E-state index contributed by atoms with van der Waals surface area (Å²) in [5.74, 6) is 0. The first-order valence-corrected chi connectivity index (χ1v) is 6.31. The molecule has 17 heavy (non-hydrogen) atoms. The van der Waals surface area contributed by atoms with E-state index in [-0.39, 0.29) is 10.7 Å². The van der Waals surface area contributed by atoms with E-state index < -0.39 is 0 Å². The van der Waals surface area contributed by atoms with Crippen molar-refractivity contribution in [2.24, 2.45) is 0 Å². The quantitative estimate of drug-likeness (QED) is 0.624. The maximum Gasteiger partial charge on any atom is 0.0798 e. The summed E-state index contributed by atoms with van der Waals surface area (Å²) in [6, 6.07) is 6.81. The van der Waals surface area contributed by atoms with Crippen LogP contribution in [0.1, 0.15) is 51.3 Å². The lowest BCUT2D eigenvalue weighted by Crippen LogP contribution is -2.11. The van der Waals surface area contributed by atoms with E-state index in [2.05, 4.69) is 58.9 Å². The van der Waals surface area contributed by atoms with E-state index in [1.807, 2.05) is 0 Å². The molecule has 1 aromatic rings. The fraction of sp³-hybridized carbons (Fsp3) is 0.500. The maximum atomic E-state index is 6.18. The van der Waals surface area contributed by atoms with Crippen LogP contribution in [0.2, 0.25) is 5.31 Å². The van der Waals surface area contributed by atoms with Crippen LogP contribution in [0.15, 0.2) is 23.8 Å². The van der Waals surface area contributed by atoms with Gasteiger partial charge in [0.05, 0.1) is 7.85 Å². The van der Waals surface area contributed by atoms with Gasteiger partial charge in [-0.1, -0.05) is 69.8 Å². The van der Waals surface area contributed by atoms with Gasteiger partial charge in [0.1, 0.15) is 0 Å². The molecule has 1 aliphatic rings. The minimum absolute atomic E-state index is 0.207. The summed E-state index contributed by atoms with van der Waals surface area (Å²) < 4.78 is 0. The average Bonchev–Trinajstić information content (AvgIpc) is 2.57. The van der Waals surface area contributed by atoms with Gasteiger partial charge in [0.2, 0.25) is 0 Å². The van der Waals surface area contributed by atoms with Crippen LogP contribution in [-0.4, -0.2) is 7.85 Å². The van der Waals surface area contributed by atoms with Crippen LogP contribution in [-0.2, 0) is 11.8 Å². The van der Waals surface area contributed by atoms with Gasteiger partial charge in [-0.3, -0.25) is 0 Å². The van der Waals surface area contributed by atoms with Crippen molar-refractivity contribution in [3.8, 4) is 0 Å². The van der Waals surface area contributed by atoms with Gasteiger partial charge in [-0.25, -0.2) is 0 Å². The molecule has 2 rings (SSSR count). The smallest absolute Gasteiger partial charge is 0.0683 e. The molecule has 0 spiro atoms. The van der Waals surface area contributed by atoms with E-state index in [4.69, 9.17) is 7.85 Å². The molecule has 0 saturated carbocycles. The highest BCUT2D eigenvalue weighted by Crippen LogP contribution is 2.40. The van der Waals surface area contributed by atoms with E-state index in [1.54, 1.807) is 0 Å². The minimum atomic E-state index is -0.207. The molecule has 0 nitrogen and oxygen atoms in total. The van der Waals surface area contributed by atoms with Crippen molar-refractivity contribution in [2.75, 3.05) is 0 Å². The normalized spacial score (nSPS) is 15.7. The Morgan fingerprint density at radius 2 is 1.71 bits per heavy atom. The van der Waals surface area contributed by atoms with Crippen molar-refractivity contribution >= 4 is 13.9 Å². The van der Waals surface area contributed by atoms with Crippen LogP contribution in [0.25, 0.3) is 6.08 Å². The van der Waals surface area contributed by atoms with Crippen LogP contribution in [0.4, 0.5) is 0 Å². The standard InChI is InChI=1S/C16H21B/c1-15(2,3)13-7-6-11-8-14(16(4,5)17)10-12(11)9-13/h6-9H,10H2,1-5H3. The lowest BCUT2D eigenvalue weighted by Gasteiger charge is -2.21. The Kier molecular flexibility index (Phi) is 2.76. The second-order valence-electron chi connectivity index (χ2n) is 6.73. The number of fused-ring (bicyclic) bond motifs is 1. The number of hydrogen-bond acceptors (Lipinski definition) is 0. The van der Waals surface area contributed by atoms with Gasteiger partial charge < -0.3 is 0 Å². The van der Waals surface area contributed by atoms with Crippen LogP contribution in [0.3, 0.4) is 0 Å². The van der Waals surface area contributed by atoms with Crippen molar-refractivity contribution < 1.29 is 0 Å². The minimum Gasteiger partial charge on any atom is -0.0683 e. The molecule has 0 aliphatic heterocycles. The summed E-state index contributed by atoms with van der Waals surface area (Å²) in [5.41, 5.74) is 5.72. The van der Waals surface area contributed by atoms with Gasteiger partial charge in [-0.05, 0) is 28.5 Å². The summed E-state index contributed by atoms with van der Waals surface area (Å²) in [4.78, 5) is 0. The fourth-order valence-electron chi connectivity index (χ4n) is 2.22. The van der Waals surface area contributed by atoms with E-state index in [1.165, 1.54) is 22.3 Å². The highest BCUT2D eigenvalue weighted by molar-refractivity contribution is 6.17. The first-order chi connectivity index (χ1) is 7.68. The number of rotatable bonds is 1. The predicted octanol–water partition coefficient (Wildman–Crippen LogP) is 4.29. The van der Waals surface area contributed by atoms with E-state index in [9.17, 15) is 0 Å². The number of allylic oxidation sites excluding steroid dienone is 1. The molecule has 1 aromatic carbocycles. The number of benzene rings is 1. The lowest BCUT2D eigenvalue weighted by molar-refractivity contribution is 0.589. The Hall–Kier alpha value is -0.975. The Morgan fingerprint density at radius 3 is 2.24 bits per heavy atom. The van der Waals surface area contributed by atoms with Gasteiger partial charge in [-0.15, -0.1) is 0 Å². The Morgan fingerprint density at radius 1 is 1.06 bits per heavy atom. The predicted molar refractivity (Wildman–Crippen MR) is 76.6 cm³/mol. The lowest BCUT2D eigenvalue weighted by atomic mass is 9.66. The fourth-order valence-corrected chi connectivity index (χ4v) is 2.22. The van der Waals surface area contributed by atoms with Crippen LogP contribution < -0.4 is 0 Å². The first-order valence-electron chi connectivity index (χ1n) is 6.31. The van der Waals surface area contributed by atoms with Crippen molar-refractivity contribution in [1.29, 1.82) is 0 Å². The molecule has 88 valence electrons. The summed E-state index contributed by atoms with van der Waals surface area (Å²) >= 11 is 0. The summed E-state index contributed by atoms with van der Waals surface area (Å²) in [7, 11) is 6.18.